The molecule has 3 atom stereocenters. The summed E-state index contributed by atoms with van der Waals surface area (Å²) in [5.74, 6) is 2.65. The van der Waals surface area contributed by atoms with Crippen LogP contribution in [0.4, 0.5) is 0 Å². The van der Waals surface area contributed by atoms with E-state index < -0.39 is 0 Å². The van der Waals surface area contributed by atoms with Crippen molar-refractivity contribution in [2.24, 2.45) is 23.2 Å². The summed E-state index contributed by atoms with van der Waals surface area (Å²) in [5, 5.41) is 9.41. The van der Waals surface area contributed by atoms with Gasteiger partial charge in [0.1, 0.15) is 0 Å². The molecule has 0 amide bonds. The van der Waals surface area contributed by atoms with Crippen molar-refractivity contribution in [3.63, 3.8) is 0 Å². The van der Waals surface area contributed by atoms with Gasteiger partial charge in [0.15, 0.2) is 0 Å². The normalized spacial score (nSPS) is 42.2. The van der Waals surface area contributed by atoms with Gasteiger partial charge in [-0.15, -0.1) is 0 Å². The fourth-order valence-electron chi connectivity index (χ4n) is 4.59. The predicted octanol–water partition coefficient (Wildman–Crippen LogP) is 3.14. The standard InChI is InChI=1S/C14H22O/c1-14(2)6-11-5-9-3-4-10(8-15)13(9)12(11)7-14/h9,11-12,15H,3-8H2,1-2H3. The fraction of sp³-hybridized carbons (Fsp3) is 0.857. The summed E-state index contributed by atoms with van der Waals surface area (Å²) in [6.07, 6.45) is 6.72. The highest BCUT2D eigenvalue weighted by atomic mass is 16.3. The molecule has 0 bridgehead atoms. The van der Waals surface area contributed by atoms with E-state index in [1.165, 1.54) is 37.7 Å². The van der Waals surface area contributed by atoms with Crippen molar-refractivity contribution in [2.45, 2.75) is 46.0 Å². The molecule has 0 radical (unpaired) electrons. The summed E-state index contributed by atoms with van der Waals surface area (Å²) >= 11 is 0. The highest BCUT2D eigenvalue weighted by Gasteiger charge is 2.49. The van der Waals surface area contributed by atoms with Gasteiger partial charge in [0, 0.05) is 0 Å². The van der Waals surface area contributed by atoms with Gasteiger partial charge in [0.05, 0.1) is 6.61 Å². The van der Waals surface area contributed by atoms with Crippen LogP contribution in [-0.4, -0.2) is 11.7 Å². The summed E-state index contributed by atoms with van der Waals surface area (Å²) in [6.45, 7) is 5.15. The maximum Gasteiger partial charge on any atom is 0.0644 e. The Bertz CT molecular complexity index is 313. The molecule has 84 valence electrons. The second-order valence-electron chi connectivity index (χ2n) is 6.63. The molecule has 0 saturated heterocycles. The molecule has 2 fully saturated rings. The van der Waals surface area contributed by atoms with Crippen molar-refractivity contribution in [3.8, 4) is 0 Å². The van der Waals surface area contributed by atoms with Gasteiger partial charge >= 0.3 is 0 Å². The van der Waals surface area contributed by atoms with Crippen molar-refractivity contribution in [2.75, 3.05) is 6.61 Å². The van der Waals surface area contributed by atoms with Crippen LogP contribution in [0, 0.1) is 23.2 Å². The molecule has 15 heavy (non-hydrogen) atoms. The Hall–Kier alpha value is -0.300. The lowest BCUT2D eigenvalue weighted by Crippen LogP contribution is -2.08. The first-order valence-corrected chi connectivity index (χ1v) is 6.43. The minimum Gasteiger partial charge on any atom is -0.392 e. The largest absolute Gasteiger partial charge is 0.392 e. The van der Waals surface area contributed by atoms with E-state index in [0.29, 0.717) is 12.0 Å². The topological polar surface area (TPSA) is 20.2 Å². The first-order valence-electron chi connectivity index (χ1n) is 6.43. The number of fused-ring (bicyclic) bond motifs is 3. The van der Waals surface area contributed by atoms with E-state index in [-0.39, 0.29) is 0 Å². The third kappa shape index (κ3) is 1.39. The Kier molecular flexibility index (Phi) is 2.04. The summed E-state index contributed by atoms with van der Waals surface area (Å²) in [6, 6.07) is 0. The van der Waals surface area contributed by atoms with E-state index in [1.54, 1.807) is 5.57 Å². The molecule has 0 aromatic carbocycles. The summed E-state index contributed by atoms with van der Waals surface area (Å²) in [4.78, 5) is 0. The van der Waals surface area contributed by atoms with Gasteiger partial charge in [0.25, 0.3) is 0 Å². The van der Waals surface area contributed by atoms with Crippen LogP contribution in [0.3, 0.4) is 0 Å². The molecule has 0 aliphatic heterocycles. The molecule has 1 N–H and O–H groups in total. The van der Waals surface area contributed by atoms with E-state index in [9.17, 15) is 5.11 Å². The Morgan fingerprint density at radius 1 is 1.33 bits per heavy atom. The van der Waals surface area contributed by atoms with Crippen LogP contribution in [-0.2, 0) is 0 Å². The first-order chi connectivity index (χ1) is 7.11. The number of rotatable bonds is 1. The molecule has 3 rings (SSSR count). The van der Waals surface area contributed by atoms with Gasteiger partial charge < -0.3 is 5.11 Å². The van der Waals surface area contributed by atoms with Gasteiger partial charge in [-0.1, -0.05) is 19.4 Å². The van der Waals surface area contributed by atoms with Crippen molar-refractivity contribution in [3.05, 3.63) is 11.1 Å². The van der Waals surface area contributed by atoms with Crippen LogP contribution in [0.5, 0.6) is 0 Å². The Labute approximate surface area is 92.6 Å². The van der Waals surface area contributed by atoms with Crippen LogP contribution in [0.15, 0.2) is 11.1 Å². The number of hydrogen-bond donors (Lipinski definition) is 1. The van der Waals surface area contributed by atoms with Crippen LogP contribution < -0.4 is 0 Å². The maximum atomic E-state index is 9.41. The van der Waals surface area contributed by atoms with E-state index in [0.717, 1.165) is 17.8 Å². The average molecular weight is 206 g/mol. The smallest absolute Gasteiger partial charge is 0.0644 e. The van der Waals surface area contributed by atoms with Gasteiger partial charge in [-0.25, -0.2) is 0 Å². The zero-order valence-corrected chi connectivity index (χ0v) is 9.92. The first kappa shape index (κ1) is 9.89. The monoisotopic (exact) mass is 206 g/mol. The molecule has 3 aliphatic carbocycles. The van der Waals surface area contributed by atoms with Gasteiger partial charge in [0.2, 0.25) is 0 Å². The summed E-state index contributed by atoms with van der Waals surface area (Å²) in [7, 11) is 0. The maximum absolute atomic E-state index is 9.41. The SMILES string of the molecule is CC1(C)CC2CC3CCC(CO)=C3C2C1. The molecular formula is C14H22O. The van der Waals surface area contributed by atoms with Crippen molar-refractivity contribution < 1.29 is 5.11 Å². The third-order valence-corrected chi connectivity index (χ3v) is 4.98. The molecule has 0 heterocycles. The summed E-state index contributed by atoms with van der Waals surface area (Å²) < 4.78 is 0. The number of aliphatic hydroxyl groups excluding tert-OH is 1. The predicted molar refractivity (Wildman–Crippen MR) is 61.4 cm³/mol. The fourth-order valence-corrected chi connectivity index (χ4v) is 4.59. The molecule has 1 heteroatoms. The second kappa shape index (κ2) is 3.10. The van der Waals surface area contributed by atoms with E-state index in [2.05, 4.69) is 13.8 Å². The molecule has 3 aliphatic rings. The lowest BCUT2D eigenvalue weighted by Gasteiger charge is -2.20. The highest BCUT2D eigenvalue weighted by Crippen LogP contribution is 2.60. The molecular weight excluding hydrogens is 184 g/mol. The molecule has 0 aromatic rings. The van der Waals surface area contributed by atoms with Crippen LogP contribution >= 0.6 is 0 Å². The quantitative estimate of drug-likeness (QED) is 0.653. The van der Waals surface area contributed by atoms with E-state index in [1.807, 2.05) is 0 Å². The number of aliphatic hydroxyl groups is 1. The van der Waals surface area contributed by atoms with Crippen LogP contribution in [0.2, 0.25) is 0 Å². The van der Waals surface area contributed by atoms with Crippen molar-refractivity contribution >= 4 is 0 Å². The molecule has 2 saturated carbocycles. The molecule has 0 aromatic heterocycles. The van der Waals surface area contributed by atoms with Crippen LogP contribution in [0.25, 0.3) is 0 Å². The Morgan fingerprint density at radius 2 is 2.13 bits per heavy atom. The lowest BCUT2D eigenvalue weighted by atomic mass is 9.86. The Morgan fingerprint density at radius 3 is 2.87 bits per heavy atom. The van der Waals surface area contributed by atoms with Crippen LogP contribution in [0.1, 0.15) is 46.0 Å². The molecule has 3 unspecified atom stereocenters. The van der Waals surface area contributed by atoms with Crippen molar-refractivity contribution in [1.29, 1.82) is 0 Å². The number of hydrogen-bond acceptors (Lipinski definition) is 1. The Balaban J connectivity index is 1.92. The molecule has 1 nitrogen and oxygen atoms in total. The molecule has 0 spiro atoms. The third-order valence-electron chi connectivity index (χ3n) is 4.98. The average Bonchev–Trinajstić information content (AvgIpc) is 2.73. The van der Waals surface area contributed by atoms with E-state index in [4.69, 9.17) is 0 Å². The lowest BCUT2D eigenvalue weighted by molar-refractivity contribution is 0.324. The summed E-state index contributed by atoms with van der Waals surface area (Å²) in [5.41, 5.74) is 3.66. The van der Waals surface area contributed by atoms with Gasteiger partial charge in [-0.05, 0) is 60.8 Å². The minimum absolute atomic E-state index is 0.329. The number of allylic oxidation sites excluding steroid dienone is 1. The minimum atomic E-state index is 0.329. The zero-order chi connectivity index (χ0) is 10.6. The van der Waals surface area contributed by atoms with Crippen molar-refractivity contribution in [1.82, 2.24) is 0 Å². The zero-order valence-electron chi connectivity index (χ0n) is 9.92. The van der Waals surface area contributed by atoms with Gasteiger partial charge in [-0.3, -0.25) is 0 Å². The second-order valence-corrected chi connectivity index (χ2v) is 6.63. The highest BCUT2D eigenvalue weighted by molar-refractivity contribution is 5.31. The van der Waals surface area contributed by atoms with Gasteiger partial charge in [-0.2, -0.15) is 0 Å². The van der Waals surface area contributed by atoms with E-state index >= 15 is 0 Å².